The van der Waals surface area contributed by atoms with Crippen molar-refractivity contribution < 1.29 is 4.79 Å². The maximum Gasteiger partial charge on any atom is 0.127 e. The van der Waals surface area contributed by atoms with Gasteiger partial charge in [0.2, 0.25) is 0 Å². The molecule has 1 fully saturated rings. The van der Waals surface area contributed by atoms with Crippen LogP contribution in [0.1, 0.15) is 34.1 Å². The zero-order valence-electron chi connectivity index (χ0n) is 10.3. The van der Waals surface area contributed by atoms with Gasteiger partial charge in [-0.3, -0.25) is 0 Å². The number of carbonyl (C=O) groups excluding carboxylic acids is 1. The summed E-state index contributed by atoms with van der Waals surface area (Å²) in [6.45, 7) is 11.9. The molecule has 0 N–H and O–H groups in total. The van der Waals surface area contributed by atoms with Crippen LogP contribution < -0.4 is 0 Å². The summed E-state index contributed by atoms with van der Waals surface area (Å²) in [6.07, 6.45) is 2.06. The van der Waals surface area contributed by atoms with Gasteiger partial charge in [-0.05, 0) is 6.42 Å². The van der Waals surface area contributed by atoms with E-state index in [-0.39, 0.29) is 5.41 Å². The van der Waals surface area contributed by atoms with Crippen molar-refractivity contribution in [2.45, 2.75) is 44.6 Å². The fraction of sp³-hybridized carbons (Fsp3) is 0.917. The van der Waals surface area contributed by atoms with Crippen molar-refractivity contribution in [1.82, 2.24) is 4.90 Å². The Morgan fingerprint density at radius 3 is 2.33 bits per heavy atom. The van der Waals surface area contributed by atoms with E-state index in [0.717, 1.165) is 32.3 Å². The first kappa shape index (κ1) is 13.0. The van der Waals surface area contributed by atoms with Crippen molar-refractivity contribution in [2.24, 2.45) is 5.41 Å². The topological polar surface area (TPSA) is 20.3 Å². The fourth-order valence-corrected chi connectivity index (χ4v) is 3.54. The highest BCUT2D eigenvalue weighted by Crippen LogP contribution is 2.28. The van der Waals surface area contributed by atoms with Crippen molar-refractivity contribution in [3.8, 4) is 0 Å². The second-order valence-electron chi connectivity index (χ2n) is 5.08. The van der Waals surface area contributed by atoms with E-state index in [9.17, 15) is 4.79 Å². The highest BCUT2D eigenvalue weighted by molar-refractivity contribution is 8.00. The molecule has 0 aliphatic carbocycles. The molecule has 2 nitrogen and oxygen atoms in total. The predicted molar refractivity (Wildman–Crippen MR) is 67.4 cm³/mol. The maximum absolute atomic E-state index is 11.1. The second kappa shape index (κ2) is 5.35. The molecule has 0 radical (unpaired) electrons. The SMILES string of the molecule is CCC(C)(C=O)CN1CC(C)SC(C)C1. The molecule has 0 aromatic carbocycles. The van der Waals surface area contributed by atoms with Gasteiger partial charge in [-0.1, -0.05) is 27.7 Å². The lowest BCUT2D eigenvalue weighted by atomic mass is 9.88. The van der Waals surface area contributed by atoms with E-state index in [1.165, 1.54) is 0 Å². The van der Waals surface area contributed by atoms with Crippen LogP contribution in [0, 0.1) is 5.41 Å². The summed E-state index contributed by atoms with van der Waals surface area (Å²) in [4.78, 5) is 13.5. The lowest BCUT2D eigenvalue weighted by Crippen LogP contribution is -2.45. The van der Waals surface area contributed by atoms with Crippen molar-refractivity contribution >= 4 is 18.0 Å². The third-order valence-electron chi connectivity index (χ3n) is 3.17. The van der Waals surface area contributed by atoms with Crippen molar-refractivity contribution in [3.63, 3.8) is 0 Å². The van der Waals surface area contributed by atoms with Gasteiger partial charge >= 0.3 is 0 Å². The molecule has 88 valence electrons. The largest absolute Gasteiger partial charge is 0.303 e. The Kier molecular flexibility index (Phi) is 4.65. The van der Waals surface area contributed by atoms with Gasteiger partial charge in [0.05, 0.1) is 0 Å². The molecule has 1 heterocycles. The summed E-state index contributed by atoms with van der Waals surface area (Å²) >= 11 is 2.06. The van der Waals surface area contributed by atoms with Crippen LogP contribution in [-0.4, -0.2) is 41.3 Å². The summed E-state index contributed by atoms with van der Waals surface area (Å²) in [5.74, 6) is 0. The molecule has 0 bridgehead atoms. The molecule has 3 unspecified atom stereocenters. The van der Waals surface area contributed by atoms with Crippen LogP contribution in [0.25, 0.3) is 0 Å². The molecule has 3 atom stereocenters. The first-order valence-corrected chi connectivity index (χ1v) is 6.77. The normalized spacial score (nSPS) is 32.3. The summed E-state index contributed by atoms with van der Waals surface area (Å²) in [7, 11) is 0. The maximum atomic E-state index is 11.1. The summed E-state index contributed by atoms with van der Waals surface area (Å²) in [5.41, 5.74) is -0.151. The molecular formula is C12H23NOS. The molecule has 0 amide bonds. The number of hydrogen-bond acceptors (Lipinski definition) is 3. The van der Waals surface area contributed by atoms with Crippen molar-refractivity contribution in [1.29, 1.82) is 0 Å². The van der Waals surface area contributed by atoms with Gasteiger partial charge in [-0.25, -0.2) is 0 Å². The quantitative estimate of drug-likeness (QED) is 0.691. The van der Waals surface area contributed by atoms with E-state index in [0.29, 0.717) is 10.5 Å². The van der Waals surface area contributed by atoms with Gasteiger partial charge in [0, 0.05) is 35.5 Å². The lowest BCUT2D eigenvalue weighted by molar-refractivity contribution is -0.116. The molecule has 15 heavy (non-hydrogen) atoms. The minimum Gasteiger partial charge on any atom is -0.303 e. The molecule has 1 saturated heterocycles. The molecule has 0 saturated carbocycles. The highest BCUT2D eigenvalue weighted by Gasteiger charge is 2.29. The van der Waals surface area contributed by atoms with Gasteiger partial charge in [0.1, 0.15) is 6.29 Å². The Balaban J connectivity index is 2.53. The fourth-order valence-electron chi connectivity index (χ4n) is 2.16. The number of rotatable bonds is 4. The average molecular weight is 229 g/mol. The van der Waals surface area contributed by atoms with E-state index < -0.39 is 0 Å². The number of nitrogens with zero attached hydrogens (tertiary/aromatic N) is 1. The standard InChI is InChI=1S/C12H23NOS/c1-5-12(4,9-14)8-13-6-10(2)15-11(3)7-13/h9-11H,5-8H2,1-4H3. The van der Waals surface area contributed by atoms with Gasteiger partial charge in [0.25, 0.3) is 0 Å². The molecule has 0 spiro atoms. The van der Waals surface area contributed by atoms with Crippen LogP contribution >= 0.6 is 11.8 Å². The van der Waals surface area contributed by atoms with E-state index in [1.54, 1.807) is 0 Å². The molecule has 1 rings (SSSR count). The number of aldehydes is 1. The zero-order valence-corrected chi connectivity index (χ0v) is 11.1. The Morgan fingerprint density at radius 1 is 1.40 bits per heavy atom. The lowest BCUT2D eigenvalue weighted by Gasteiger charge is -2.38. The van der Waals surface area contributed by atoms with Crippen LogP contribution in [0.4, 0.5) is 0 Å². The third kappa shape index (κ3) is 3.80. The smallest absolute Gasteiger partial charge is 0.127 e. The van der Waals surface area contributed by atoms with E-state index in [1.807, 2.05) is 0 Å². The van der Waals surface area contributed by atoms with E-state index >= 15 is 0 Å². The second-order valence-corrected chi connectivity index (χ2v) is 6.96. The molecular weight excluding hydrogens is 206 g/mol. The molecule has 1 aliphatic heterocycles. The average Bonchev–Trinajstić information content (AvgIpc) is 2.16. The Bertz CT molecular complexity index is 212. The van der Waals surface area contributed by atoms with E-state index in [2.05, 4.69) is 44.4 Å². The molecule has 3 heteroatoms. The van der Waals surface area contributed by atoms with Gasteiger partial charge in [0.15, 0.2) is 0 Å². The third-order valence-corrected chi connectivity index (χ3v) is 4.40. The number of hydrogen-bond donors (Lipinski definition) is 0. The summed E-state index contributed by atoms with van der Waals surface area (Å²) in [6, 6.07) is 0. The van der Waals surface area contributed by atoms with Crippen LogP contribution in [0.5, 0.6) is 0 Å². The molecule has 0 aromatic heterocycles. The highest BCUT2D eigenvalue weighted by atomic mass is 32.2. The zero-order chi connectivity index (χ0) is 11.5. The first-order valence-electron chi connectivity index (χ1n) is 5.83. The van der Waals surface area contributed by atoms with Crippen LogP contribution in [0.2, 0.25) is 0 Å². The van der Waals surface area contributed by atoms with Gasteiger partial charge in [-0.15, -0.1) is 0 Å². The van der Waals surface area contributed by atoms with Gasteiger partial charge < -0.3 is 9.69 Å². The molecule has 0 aromatic rings. The monoisotopic (exact) mass is 229 g/mol. The van der Waals surface area contributed by atoms with E-state index in [4.69, 9.17) is 0 Å². The van der Waals surface area contributed by atoms with Crippen LogP contribution in [0.3, 0.4) is 0 Å². The minimum absolute atomic E-state index is 0.151. The number of carbonyl (C=O) groups is 1. The van der Waals surface area contributed by atoms with Crippen molar-refractivity contribution in [2.75, 3.05) is 19.6 Å². The van der Waals surface area contributed by atoms with Crippen LogP contribution in [0.15, 0.2) is 0 Å². The molecule has 1 aliphatic rings. The summed E-state index contributed by atoms with van der Waals surface area (Å²) < 4.78 is 0. The minimum atomic E-state index is -0.151. The first-order chi connectivity index (χ1) is 6.99. The summed E-state index contributed by atoms with van der Waals surface area (Å²) in [5, 5.41) is 1.39. The van der Waals surface area contributed by atoms with Crippen molar-refractivity contribution in [3.05, 3.63) is 0 Å². The predicted octanol–water partition coefficient (Wildman–Crippen LogP) is 2.43. The van der Waals surface area contributed by atoms with Crippen LogP contribution in [-0.2, 0) is 4.79 Å². The van der Waals surface area contributed by atoms with Gasteiger partial charge in [-0.2, -0.15) is 11.8 Å². The Morgan fingerprint density at radius 2 is 1.93 bits per heavy atom. The number of thioether (sulfide) groups is 1. The Hall–Kier alpha value is -0.0200. The Labute approximate surface area is 97.8 Å².